The van der Waals surface area contributed by atoms with E-state index in [9.17, 15) is 14.4 Å². The lowest BCUT2D eigenvalue weighted by Crippen LogP contribution is -2.70. The second-order valence-electron chi connectivity index (χ2n) is 8.50. The minimum absolute atomic E-state index is 0.0835. The van der Waals surface area contributed by atoms with Crippen molar-refractivity contribution in [2.75, 3.05) is 18.4 Å². The quantitative estimate of drug-likeness (QED) is 0.678. The lowest BCUT2D eigenvalue weighted by atomic mass is 9.93. The first-order valence-corrected chi connectivity index (χ1v) is 11.7. The number of aryl methyl sites for hydroxylation is 2. The second-order valence-corrected chi connectivity index (χ2v) is 8.50. The zero-order chi connectivity index (χ0) is 23.4. The number of nitrogens with zero attached hydrogens (tertiary/aromatic N) is 3. The minimum Gasteiger partial charge on any atom is -0.324 e. The molecule has 8 heteroatoms. The number of nitrogens with one attached hydrogen (secondary N) is 2. The van der Waals surface area contributed by atoms with Gasteiger partial charge in [-0.3, -0.25) is 19.5 Å². The van der Waals surface area contributed by atoms with Gasteiger partial charge in [-0.05, 0) is 55.5 Å². The monoisotopic (exact) mass is 449 g/mol. The summed E-state index contributed by atoms with van der Waals surface area (Å²) < 4.78 is 0. The normalized spacial score (nSPS) is 20.5. The van der Waals surface area contributed by atoms with Gasteiger partial charge in [0.15, 0.2) is 0 Å². The molecule has 0 bridgehead atoms. The van der Waals surface area contributed by atoms with Crippen LogP contribution in [0.1, 0.15) is 43.5 Å². The number of piperidine rings is 1. The Labute approximate surface area is 194 Å². The molecule has 2 fully saturated rings. The van der Waals surface area contributed by atoms with E-state index in [1.807, 2.05) is 24.3 Å². The topological polar surface area (TPSA) is 94.6 Å². The van der Waals surface area contributed by atoms with Gasteiger partial charge in [0.05, 0.1) is 18.3 Å². The van der Waals surface area contributed by atoms with E-state index in [2.05, 4.69) is 29.5 Å². The van der Waals surface area contributed by atoms with Gasteiger partial charge in [0.25, 0.3) is 0 Å². The van der Waals surface area contributed by atoms with Crippen LogP contribution in [0.25, 0.3) is 0 Å². The van der Waals surface area contributed by atoms with Crippen LogP contribution in [-0.4, -0.2) is 57.8 Å². The Balaban J connectivity index is 1.57. The zero-order valence-electron chi connectivity index (χ0n) is 19.2. The summed E-state index contributed by atoms with van der Waals surface area (Å²) in [4.78, 5) is 46.7. The van der Waals surface area contributed by atoms with Gasteiger partial charge in [-0.25, -0.2) is 4.79 Å². The summed E-state index contributed by atoms with van der Waals surface area (Å²) in [5.74, 6) is -0.507. The van der Waals surface area contributed by atoms with Gasteiger partial charge in [0, 0.05) is 11.9 Å². The van der Waals surface area contributed by atoms with E-state index in [1.54, 1.807) is 23.2 Å². The summed E-state index contributed by atoms with van der Waals surface area (Å²) in [7, 11) is 0. The fraction of sp³-hybridized carbons (Fsp3) is 0.440. The lowest BCUT2D eigenvalue weighted by Gasteiger charge is -2.46. The molecule has 2 saturated heterocycles. The number of fused-ring (bicyclic) bond motifs is 1. The highest BCUT2D eigenvalue weighted by molar-refractivity contribution is 6.03. The maximum absolute atomic E-state index is 13.4. The Kier molecular flexibility index (Phi) is 7.03. The van der Waals surface area contributed by atoms with Crippen LogP contribution in [0.4, 0.5) is 10.5 Å². The van der Waals surface area contributed by atoms with Crippen molar-refractivity contribution in [1.29, 1.82) is 0 Å². The molecule has 0 aliphatic carbocycles. The van der Waals surface area contributed by atoms with Crippen LogP contribution in [0.15, 0.2) is 42.6 Å². The van der Waals surface area contributed by atoms with Gasteiger partial charge in [-0.2, -0.15) is 0 Å². The molecule has 33 heavy (non-hydrogen) atoms. The first kappa shape index (κ1) is 22.9. The van der Waals surface area contributed by atoms with E-state index in [1.165, 1.54) is 4.90 Å². The number of carbonyl (C=O) groups excluding carboxylic acids is 3. The molecule has 3 heterocycles. The number of urea groups is 1. The van der Waals surface area contributed by atoms with Crippen molar-refractivity contribution in [3.63, 3.8) is 0 Å². The SMILES string of the molecule is CCc1cccc(CC)c1NC(=O)CN1C(=O)N(Cc2ccccn2)C(=O)C2NCCCC21. The van der Waals surface area contributed by atoms with Crippen LogP contribution >= 0.6 is 0 Å². The highest BCUT2D eigenvalue weighted by atomic mass is 16.2. The number of pyridine rings is 1. The second kappa shape index (κ2) is 10.1. The van der Waals surface area contributed by atoms with Gasteiger partial charge < -0.3 is 15.5 Å². The summed E-state index contributed by atoms with van der Waals surface area (Å²) in [6, 6.07) is 10.1. The molecule has 2 aliphatic heterocycles. The van der Waals surface area contributed by atoms with Crippen molar-refractivity contribution in [3.05, 3.63) is 59.4 Å². The summed E-state index contributed by atoms with van der Waals surface area (Å²) in [6.45, 7) is 4.80. The van der Waals surface area contributed by atoms with E-state index in [0.717, 1.165) is 36.1 Å². The predicted octanol–water partition coefficient (Wildman–Crippen LogP) is 2.73. The van der Waals surface area contributed by atoms with Crippen molar-refractivity contribution in [3.8, 4) is 0 Å². The lowest BCUT2D eigenvalue weighted by molar-refractivity contribution is -0.138. The third-order valence-corrected chi connectivity index (χ3v) is 6.46. The number of aromatic nitrogens is 1. The molecule has 4 rings (SSSR count). The van der Waals surface area contributed by atoms with E-state index in [-0.39, 0.29) is 30.9 Å². The van der Waals surface area contributed by atoms with Crippen LogP contribution in [0, 0.1) is 0 Å². The smallest absolute Gasteiger partial charge is 0.324 e. The largest absolute Gasteiger partial charge is 0.327 e. The molecule has 8 nitrogen and oxygen atoms in total. The summed E-state index contributed by atoms with van der Waals surface area (Å²) in [5.41, 5.74) is 3.59. The van der Waals surface area contributed by atoms with Crippen LogP contribution in [0.5, 0.6) is 0 Å². The van der Waals surface area contributed by atoms with Crippen LogP contribution in [0.3, 0.4) is 0 Å². The molecule has 2 aromatic rings. The highest BCUT2D eigenvalue weighted by Gasteiger charge is 2.47. The maximum atomic E-state index is 13.4. The number of hydrogen-bond donors (Lipinski definition) is 2. The van der Waals surface area contributed by atoms with Crippen molar-refractivity contribution < 1.29 is 14.4 Å². The minimum atomic E-state index is -0.512. The molecule has 2 unspecified atom stereocenters. The van der Waals surface area contributed by atoms with Crippen molar-refractivity contribution in [2.24, 2.45) is 0 Å². The number of imide groups is 1. The molecule has 0 spiro atoms. The Morgan fingerprint density at radius 3 is 2.55 bits per heavy atom. The van der Waals surface area contributed by atoms with Gasteiger partial charge in [-0.15, -0.1) is 0 Å². The first-order chi connectivity index (χ1) is 16.0. The van der Waals surface area contributed by atoms with Gasteiger partial charge >= 0.3 is 6.03 Å². The molecule has 2 N–H and O–H groups in total. The third-order valence-electron chi connectivity index (χ3n) is 6.46. The Morgan fingerprint density at radius 2 is 1.88 bits per heavy atom. The molecule has 2 atom stereocenters. The average molecular weight is 450 g/mol. The Hall–Kier alpha value is -3.26. The average Bonchev–Trinajstić information content (AvgIpc) is 2.85. The Morgan fingerprint density at radius 1 is 1.12 bits per heavy atom. The summed E-state index contributed by atoms with van der Waals surface area (Å²) in [5, 5.41) is 6.31. The number of amides is 4. The summed E-state index contributed by atoms with van der Waals surface area (Å²) >= 11 is 0. The molecule has 1 aromatic heterocycles. The van der Waals surface area contributed by atoms with Gasteiger partial charge in [0.1, 0.15) is 12.6 Å². The van der Waals surface area contributed by atoms with Gasteiger partial charge in [-0.1, -0.05) is 38.1 Å². The van der Waals surface area contributed by atoms with E-state index in [0.29, 0.717) is 18.7 Å². The van der Waals surface area contributed by atoms with E-state index < -0.39 is 12.1 Å². The molecule has 0 saturated carbocycles. The van der Waals surface area contributed by atoms with Crippen LogP contribution < -0.4 is 10.6 Å². The van der Waals surface area contributed by atoms with Gasteiger partial charge in [0.2, 0.25) is 11.8 Å². The van der Waals surface area contributed by atoms with E-state index in [4.69, 9.17) is 0 Å². The number of benzene rings is 1. The molecule has 0 radical (unpaired) electrons. The van der Waals surface area contributed by atoms with Crippen LogP contribution in [0.2, 0.25) is 0 Å². The third kappa shape index (κ3) is 4.75. The van der Waals surface area contributed by atoms with E-state index >= 15 is 0 Å². The molecule has 1 aromatic carbocycles. The first-order valence-electron chi connectivity index (χ1n) is 11.7. The number of anilines is 1. The van der Waals surface area contributed by atoms with Crippen LogP contribution in [-0.2, 0) is 29.0 Å². The fourth-order valence-corrected chi connectivity index (χ4v) is 4.74. The predicted molar refractivity (Wildman–Crippen MR) is 126 cm³/mol. The van der Waals surface area contributed by atoms with Crippen molar-refractivity contribution in [2.45, 2.75) is 58.2 Å². The zero-order valence-corrected chi connectivity index (χ0v) is 19.2. The number of carbonyl (C=O) groups is 3. The number of hydrogen-bond acceptors (Lipinski definition) is 5. The molecular weight excluding hydrogens is 418 g/mol. The van der Waals surface area contributed by atoms with Crippen molar-refractivity contribution in [1.82, 2.24) is 20.1 Å². The number of rotatable bonds is 7. The molecule has 174 valence electrons. The maximum Gasteiger partial charge on any atom is 0.327 e. The number of para-hydroxylation sites is 1. The molecule has 2 aliphatic rings. The Bertz CT molecular complexity index is 1000. The highest BCUT2D eigenvalue weighted by Crippen LogP contribution is 2.27. The fourth-order valence-electron chi connectivity index (χ4n) is 4.74. The summed E-state index contributed by atoms with van der Waals surface area (Å²) in [6.07, 6.45) is 4.77. The molecular formula is C25H31N5O3. The molecule has 4 amide bonds. The standard InChI is InChI=1S/C25H31N5O3/c1-3-17-9-7-10-18(4-2)22(17)28-21(31)16-29-20-12-8-14-27-23(20)24(32)30(25(29)33)15-19-11-5-6-13-26-19/h5-7,9-11,13,20,23,27H,3-4,8,12,14-16H2,1-2H3,(H,28,31). The van der Waals surface area contributed by atoms with Crippen molar-refractivity contribution >= 4 is 23.5 Å².